The van der Waals surface area contributed by atoms with E-state index in [1.807, 2.05) is 4.90 Å². The van der Waals surface area contributed by atoms with E-state index in [0.29, 0.717) is 52.2 Å². The summed E-state index contributed by atoms with van der Waals surface area (Å²) in [7, 11) is 0. The van der Waals surface area contributed by atoms with Crippen LogP contribution in [0.5, 0.6) is 0 Å². The van der Waals surface area contributed by atoms with Gasteiger partial charge in [-0.1, -0.05) is 12.1 Å². The summed E-state index contributed by atoms with van der Waals surface area (Å²) in [5, 5.41) is 14.5. The van der Waals surface area contributed by atoms with E-state index in [-0.39, 0.29) is 30.7 Å². The number of nitrogens with zero attached hydrogens (tertiary/aromatic N) is 5. The van der Waals surface area contributed by atoms with Gasteiger partial charge in [-0.2, -0.15) is 36.4 Å². The van der Waals surface area contributed by atoms with Crippen molar-refractivity contribution in [2.75, 3.05) is 39.3 Å². The standard InChI is InChI=1S/C26H23F6N5O2S/c27-25(28,29)19-3-2-17(20(13-19)26(30,31)32)15-37-21-4-1-16(11-18(21)14-33-37)12-22-23(39)34-24(40-22)36-7-5-35(6-8-36)9-10-38/h1-4,11-14,38H,5-10,15H2/b22-12-. The fraction of sp³-hybridized carbons (Fsp3) is 0.346. The number of rotatable bonds is 5. The number of amidine groups is 1. The van der Waals surface area contributed by atoms with Gasteiger partial charge in [0.15, 0.2) is 5.17 Å². The molecule has 0 saturated carbocycles. The van der Waals surface area contributed by atoms with Crippen molar-refractivity contribution in [3.05, 3.63) is 69.8 Å². The van der Waals surface area contributed by atoms with E-state index < -0.39 is 23.5 Å². The fourth-order valence-electron chi connectivity index (χ4n) is 4.63. The lowest BCUT2D eigenvalue weighted by molar-refractivity contribution is -0.143. The van der Waals surface area contributed by atoms with Gasteiger partial charge in [0.2, 0.25) is 0 Å². The number of aromatic nitrogens is 2. The van der Waals surface area contributed by atoms with Crippen LogP contribution in [-0.4, -0.2) is 75.1 Å². The highest BCUT2D eigenvalue weighted by molar-refractivity contribution is 8.18. The number of amides is 1. The molecule has 40 heavy (non-hydrogen) atoms. The van der Waals surface area contributed by atoms with Crippen LogP contribution in [0.15, 0.2) is 52.5 Å². The molecule has 0 spiro atoms. The van der Waals surface area contributed by atoms with E-state index in [1.54, 1.807) is 24.3 Å². The molecule has 0 atom stereocenters. The molecule has 0 bridgehead atoms. The zero-order chi connectivity index (χ0) is 28.7. The molecule has 1 N–H and O–H groups in total. The van der Waals surface area contributed by atoms with Crippen molar-refractivity contribution in [3.8, 4) is 0 Å². The first-order valence-corrected chi connectivity index (χ1v) is 13.1. The molecule has 0 unspecified atom stereocenters. The molecule has 7 nitrogen and oxygen atoms in total. The Kier molecular flexibility index (Phi) is 7.68. The fourth-order valence-corrected chi connectivity index (χ4v) is 5.59. The van der Waals surface area contributed by atoms with Gasteiger partial charge in [0, 0.05) is 38.1 Å². The molecule has 212 valence electrons. The van der Waals surface area contributed by atoms with Gasteiger partial charge in [0.1, 0.15) is 0 Å². The highest BCUT2D eigenvalue weighted by Crippen LogP contribution is 2.38. The van der Waals surface area contributed by atoms with Crippen molar-refractivity contribution in [1.29, 1.82) is 0 Å². The first kappa shape index (κ1) is 28.2. The van der Waals surface area contributed by atoms with Crippen LogP contribution in [0.4, 0.5) is 26.3 Å². The summed E-state index contributed by atoms with van der Waals surface area (Å²) in [4.78, 5) is 21.3. The summed E-state index contributed by atoms with van der Waals surface area (Å²) in [6, 6.07) is 6.62. The number of aliphatic hydroxyl groups is 1. The average molecular weight is 584 g/mol. The molecule has 0 radical (unpaired) electrons. The highest BCUT2D eigenvalue weighted by Gasteiger charge is 2.38. The number of hydrogen-bond donors (Lipinski definition) is 1. The molecule has 1 amide bonds. The molecule has 3 heterocycles. The maximum atomic E-state index is 13.6. The third-order valence-electron chi connectivity index (χ3n) is 6.69. The second kappa shape index (κ2) is 10.9. The first-order valence-electron chi connectivity index (χ1n) is 12.3. The van der Waals surface area contributed by atoms with Crippen molar-refractivity contribution in [1.82, 2.24) is 19.6 Å². The van der Waals surface area contributed by atoms with Crippen molar-refractivity contribution in [2.24, 2.45) is 4.99 Å². The van der Waals surface area contributed by atoms with Crippen molar-refractivity contribution in [2.45, 2.75) is 18.9 Å². The average Bonchev–Trinajstić information content (AvgIpc) is 3.46. The van der Waals surface area contributed by atoms with E-state index in [4.69, 9.17) is 5.11 Å². The summed E-state index contributed by atoms with van der Waals surface area (Å²) >= 11 is 1.27. The van der Waals surface area contributed by atoms with Crippen LogP contribution in [0, 0.1) is 0 Å². The lowest BCUT2D eigenvalue weighted by Gasteiger charge is -2.34. The summed E-state index contributed by atoms with van der Waals surface area (Å²) in [6.45, 7) is 3.20. The topological polar surface area (TPSA) is 74.0 Å². The molecule has 0 aliphatic carbocycles. The molecule has 2 aliphatic heterocycles. The normalized spacial score (nSPS) is 18.3. The third kappa shape index (κ3) is 6.03. The van der Waals surface area contributed by atoms with E-state index in [9.17, 15) is 31.1 Å². The molecule has 1 fully saturated rings. The van der Waals surface area contributed by atoms with Crippen LogP contribution in [0.25, 0.3) is 17.0 Å². The Morgan fingerprint density at radius 1 is 0.975 bits per heavy atom. The second-order valence-electron chi connectivity index (χ2n) is 9.35. The van der Waals surface area contributed by atoms with Gasteiger partial charge >= 0.3 is 12.4 Å². The summed E-state index contributed by atoms with van der Waals surface area (Å²) < 4.78 is 81.0. The summed E-state index contributed by atoms with van der Waals surface area (Å²) in [6.07, 6.45) is -6.74. The number of alkyl halides is 6. The number of carbonyl (C=O) groups excluding carboxylic acids is 1. The second-order valence-corrected chi connectivity index (χ2v) is 10.4. The molecule has 3 aromatic rings. The number of piperazine rings is 1. The van der Waals surface area contributed by atoms with Gasteiger partial charge < -0.3 is 10.0 Å². The van der Waals surface area contributed by atoms with Crippen LogP contribution in [0.3, 0.4) is 0 Å². The number of halogens is 6. The van der Waals surface area contributed by atoms with Gasteiger partial charge in [-0.3, -0.25) is 14.4 Å². The van der Waals surface area contributed by atoms with Gasteiger partial charge in [-0.05, 0) is 53.2 Å². The lowest BCUT2D eigenvalue weighted by Crippen LogP contribution is -2.48. The number of β-amino-alcohol motifs (C(OH)–C–C–N with tert-alkyl or cyclic N) is 1. The maximum Gasteiger partial charge on any atom is 0.416 e. The minimum atomic E-state index is -4.97. The Labute approximate surface area is 228 Å². The minimum absolute atomic E-state index is 0.0912. The molecule has 1 aromatic heterocycles. The van der Waals surface area contributed by atoms with E-state index >= 15 is 0 Å². The molecular formula is C26H23F6N5O2S. The number of carbonyl (C=O) groups is 1. The summed E-state index contributed by atoms with van der Waals surface area (Å²) in [5.74, 6) is -0.365. The number of benzene rings is 2. The van der Waals surface area contributed by atoms with Gasteiger partial charge in [0.25, 0.3) is 5.91 Å². The summed E-state index contributed by atoms with van der Waals surface area (Å²) in [5.41, 5.74) is -1.93. The van der Waals surface area contributed by atoms with E-state index in [0.717, 1.165) is 19.2 Å². The smallest absolute Gasteiger partial charge is 0.395 e. The van der Waals surface area contributed by atoms with Crippen molar-refractivity contribution >= 4 is 39.8 Å². The quantitative estimate of drug-likeness (QED) is 0.347. The Morgan fingerprint density at radius 3 is 2.40 bits per heavy atom. The van der Waals surface area contributed by atoms with Crippen LogP contribution < -0.4 is 0 Å². The van der Waals surface area contributed by atoms with Crippen LogP contribution in [0.2, 0.25) is 0 Å². The number of hydrogen-bond acceptors (Lipinski definition) is 6. The molecule has 2 aliphatic rings. The molecule has 1 saturated heterocycles. The van der Waals surface area contributed by atoms with Gasteiger partial charge in [-0.15, -0.1) is 0 Å². The maximum absolute atomic E-state index is 13.6. The van der Waals surface area contributed by atoms with Crippen LogP contribution >= 0.6 is 11.8 Å². The predicted octanol–water partition coefficient (Wildman–Crippen LogP) is 4.70. The number of aliphatic hydroxyl groups excluding tert-OH is 1. The van der Waals surface area contributed by atoms with Gasteiger partial charge in [0.05, 0.1) is 40.9 Å². The van der Waals surface area contributed by atoms with Crippen LogP contribution in [-0.2, 0) is 23.7 Å². The number of aliphatic imine (C=N–C) groups is 1. The number of fused-ring (bicyclic) bond motifs is 1. The SMILES string of the molecule is O=C1N=C(N2CCN(CCO)CC2)S/C1=C\c1ccc2c(cnn2Cc2ccc(C(F)(F)F)cc2C(F)(F)F)c1. The largest absolute Gasteiger partial charge is 0.416 e. The molecular weight excluding hydrogens is 560 g/mol. The monoisotopic (exact) mass is 583 g/mol. The third-order valence-corrected chi connectivity index (χ3v) is 7.74. The van der Waals surface area contributed by atoms with E-state index in [2.05, 4.69) is 15.0 Å². The van der Waals surface area contributed by atoms with Crippen molar-refractivity contribution in [3.63, 3.8) is 0 Å². The highest BCUT2D eigenvalue weighted by atomic mass is 32.2. The first-order chi connectivity index (χ1) is 18.9. The van der Waals surface area contributed by atoms with Crippen LogP contribution in [0.1, 0.15) is 22.3 Å². The zero-order valence-corrected chi connectivity index (χ0v) is 21.7. The lowest BCUT2D eigenvalue weighted by atomic mass is 10.0. The Morgan fingerprint density at radius 2 is 1.73 bits per heavy atom. The van der Waals surface area contributed by atoms with Crippen molar-refractivity contribution < 1.29 is 36.2 Å². The molecule has 2 aromatic carbocycles. The molecule has 14 heteroatoms. The zero-order valence-electron chi connectivity index (χ0n) is 20.8. The minimum Gasteiger partial charge on any atom is -0.395 e. The predicted molar refractivity (Wildman–Crippen MR) is 138 cm³/mol. The number of thioether (sulfide) groups is 1. The Hall–Kier alpha value is -3.36. The Bertz CT molecular complexity index is 1490. The molecule has 5 rings (SSSR count). The van der Waals surface area contributed by atoms with Gasteiger partial charge in [-0.25, -0.2) is 0 Å². The van der Waals surface area contributed by atoms with E-state index in [1.165, 1.54) is 22.6 Å². The Balaban J connectivity index is 1.33.